The molecule has 3 N–H and O–H groups in total. The number of thioether (sulfide) groups is 1. The van der Waals surface area contributed by atoms with Crippen molar-refractivity contribution in [1.82, 2.24) is 20.6 Å². The van der Waals surface area contributed by atoms with Crippen molar-refractivity contribution < 1.29 is 9.59 Å². The lowest BCUT2D eigenvalue weighted by atomic mass is 9.84. The molecule has 2 fully saturated rings. The molecule has 1 heterocycles. The average Bonchev–Trinajstić information content (AvgIpc) is 3.73. The monoisotopic (exact) mass is 581 g/mol. The molecule has 3 amide bonds. The van der Waals surface area contributed by atoms with Gasteiger partial charge < -0.3 is 5.32 Å². The summed E-state index contributed by atoms with van der Waals surface area (Å²) < 4.78 is 0. The molecule has 2 saturated carbocycles. The molecule has 0 aliphatic heterocycles. The first kappa shape index (κ1) is 28.0. The van der Waals surface area contributed by atoms with Crippen molar-refractivity contribution in [2.24, 2.45) is 5.92 Å². The van der Waals surface area contributed by atoms with Crippen LogP contribution in [0.3, 0.4) is 0 Å². The molecule has 0 saturated heterocycles. The number of carbonyl (C=O) groups is 2. The number of H-pyrrole nitrogens is 1. The number of aromatic nitrogens is 4. The molecule has 6 rings (SSSR count). The van der Waals surface area contributed by atoms with Gasteiger partial charge in [-0.1, -0.05) is 54.7 Å². The largest absolute Gasteiger partial charge is 0.326 e. The minimum atomic E-state index is -0.338. The van der Waals surface area contributed by atoms with E-state index in [1.165, 1.54) is 50.5 Å². The van der Waals surface area contributed by atoms with Gasteiger partial charge in [-0.15, -0.1) is 16.9 Å². The third kappa shape index (κ3) is 7.36. The van der Waals surface area contributed by atoms with Crippen LogP contribution in [0.1, 0.15) is 72.3 Å². The molecule has 2 aliphatic carbocycles. The molecule has 1 aromatic heterocycles. The van der Waals surface area contributed by atoms with Crippen LogP contribution in [-0.4, -0.2) is 38.3 Å². The van der Waals surface area contributed by atoms with E-state index in [1.807, 2.05) is 42.1 Å². The summed E-state index contributed by atoms with van der Waals surface area (Å²) in [6.45, 7) is 0.345. The van der Waals surface area contributed by atoms with Crippen molar-refractivity contribution in [3.8, 4) is 0 Å². The van der Waals surface area contributed by atoms with Crippen LogP contribution in [0.5, 0.6) is 0 Å². The Morgan fingerprint density at radius 3 is 2.40 bits per heavy atom. The van der Waals surface area contributed by atoms with Crippen LogP contribution in [-0.2, 0) is 6.54 Å². The fourth-order valence-electron chi connectivity index (χ4n) is 5.33. The number of nitrogens with one attached hydrogen (secondary N) is 3. The average molecular weight is 582 g/mol. The molecule has 4 aromatic rings. The minimum absolute atomic E-state index is 0.110. The molecular weight excluding hydrogens is 546 g/mol. The Hall–Kier alpha value is -4.18. The van der Waals surface area contributed by atoms with Crippen LogP contribution in [0, 0.1) is 5.92 Å². The van der Waals surface area contributed by atoms with Crippen molar-refractivity contribution in [3.05, 3.63) is 89.5 Å². The van der Waals surface area contributed by atoms with E-state index in [9.17, 15) is 9.59 Å². The lowest BCUT2D eigenvalue weighted by Crippen LogP contribution is -2.34. The number of hydrogen-bond acceptors (Lipinski definition) is 6. The van der Waals surface area contributed by atoms with Crippen LogP contribution in [0.25, 0.3) is 0 Å². The molecule has 10 heteroatoms. The van der Waals surface area contributed by atoms with E-state index in [-0.39, 0.29) is 17.9 Å². The Morgan fingerprint density at radius 2 is 1.69 bits per heavy atom. The molecular formula is C32H35N7O2S. The maximum atomic E-state index is 13.8. The van der Waals surface area contributed by atoms with Crippen molar-refractivity contribution in [2.75, 3.05) is 21.3 Å². The summed E-state index contributed by atoms with van der Waals surface area (Å²) in [4.78, 5) is 29.2. The third-order valence-electron chi connectivity index (χ3n) is 7.92. The first-order chi connectivity index (χ1) is 20.6. The third-order valence-corrected chi connectivity index (χ3v) is 9.15. The first-order valence-electron chi connectivity index (χ1n) is 14.7. The molecule has 216 valence electrons. The van der Waals surface area contributed by atoms with E-state index in [2.05, 4.69) is 61.6 Å². The Labute approximate surface area is 249 Å². The van der Waals surface area contributed by atoms with Crippen LogP contribution >= 0.6 is 11.8 Å². The highest BCUT2D eigenvalue weighted by Gasteiger charge is 2.22. The SMILES string of the molecule is O=C(Nc1nn[nH]n1)c1ccc(CN(C(=O)Nc2cccc(SCC3CC3)c2)c2ccc(C3CCCCC3)cc2)cc1. The second kappa shape index (κ2) is 13.2. The predicted octanol–water partition coefficient (Wildman–Crippen LogP) is 7.24. The zero-order chi connectivity index (χ0) is 28.7. The van der Waals surface area contributed by atoms with E-state index in [4.69, 9.17) is 0 Å². The summed E-state index contributed by atoms with van der Waals surface area (Å²) in [7, 11) is 0. The summed E-state index contributed by atoms with van der Waals surface area (Å²) in [6.07, 6.45) is 8.98. The number of amides is 3. The molecule has 9 nitrogen and oxygen atoms in total. The second-order valence-electron chi connectivity index (χ2n) is 11.1. The van der Waals surface area contributed by atoms with Gasteiger partial charge >= 0.3 is 6.03 Å². The topological polar surface area (TPSA) is 116 Å². The van der Waals surface area contributed by atoms with E-state index < -0.39 is 0 Å². The normalized spacial score (nSPS) is 15.2. The number of benzene rings is 3. The number of hydrogen-bond donors (Lipinski definition) is 3. The van der Waals surface area contributed by atoms with Crippen LogP contribution in [0.15, 0.2) is 77.7 Å². The van der Waals surface area contributed by atoms with Gasteiger partial charge in [0.25, 0.3) is 11.9 Å². The van der Waals surface area contributed by atoms with Gasteiger partial charge in [0, 0.05) is 27.6 Å². The van der Waals surface area contributed by atoms with Gasteiger partial charge in [-0.25, -0.2) is 4.79 Å². The molecule has 2 aliphatic rings. The van der Waals surface area contributed by atoms with E-state index in [0.717, 1.165) is 33.5 Å². The summed E-state index contributed by atoms with van der Waals surface area (Å²) in [5.74, 6) is 2.32. The zero-order valence-electron chi connectivity index (χ0n) is 23.5. The molecule has 0 bridgehead atoms. The Balaban J connectivity index is 1.19. The molecule has 0 atom stereocenters. The van der Waals surface area contributed by atoms with Crippen LogP contribution < -0.4 is 15.5 Å². The standard InChI is InChI=1S/C32H35N7O2S/c40-30(34-31-35-37-38-36-31)26-13-11-22(12-14-26)20-39(28-17-15-25(16-18-28)24-5-2-1-3-6-24)32(41)33-27-7-4-8-29(19-27)42-21-23-9-10-23/h4,7-8,11-19,23-24H,1-3,5-6,9-10,20-21H2,(H,33,41)(H2,34,35,36,37,38,40). The highest BCUT2D eigenvalue weighted by molar-refractivity contribution is 7.99. The van der Waals surface area contributed by atoms with Crippen molar-refractivity contribution in [2.45, 2.75) is 62.3 Å². The first-order valence-corrected chi connectivity index (χ1v) is 15.6. The second-order valence-corrected chi connectivity index (χ2v) is 12.2. The molecule has 0 unspecified atom stereocenters. The van der Waals surface area contributed by atoms with E-state index >= 15 is 0 Å². The Bertz CT molecular complexity index is 1480. The van der Waals surface area contributed by atoms with Crippen molar-refractivity contribution in [3.63, 3.8) is 0 Å². The fourth-order valence-corrected chi connectivity index (χ4v) is 6.48. The quantitative estimate of drug-likeness (QED) is 0.170. The van der Waals surface area contributed by atoms with Gasteiger partial charge in [-0.3, -0.25) is 15.0 Å². The number of nitrogens with zero attached hydrogens (tertiary/aromatic N) is 4. The lowest BCUT2D eigenvalue weighted by Gasteiger charge is -2.26. The molecule has 3 aromatic carbocycles. The Kier molecular flexibility index (Phi) is 8.79. The van der Waals surface area contributed by atoms with Crippen molar-refractivity contribution in [1.29, 1.82) is 0 Å². The fraction of sp³-hybridized carbons (Fsp3) is 0.344. The number of rotatable bonds is 10. The molecule has 0 radical (unpaired) electrons. The number of aromatic amines is 1. The molecule has 42 heavy (non-hydrogen) atoms. The minimum Gasteiger partial charge on any atom is -0.307 e. The number of tetrazole rings is 1. The van der Waals surface area contributed by atoms with Gasteiger partial charge in [0.05, 0.1) is 6.54 Å². The van der Waals surface area contributed by atoms with Gasteiger partial charge in [0.1, 0.15) is 0 Å². The van der Waals surface area contributed by atoms with Gasteiger partial charge in [-0.05, 0) is 96.3 Å². The number of urea groups is 1. The van der Waals surface area contributed by atoms with E-state index in [0.29, 0.717) is 18.0 Å². The maximum Gasteiger partial charge on any atom is 0.326 e. The van der Waals surface area contributed by atoms with Crippen LogP contribution in [0.2, 0.25) is 0 Å². The van der Waals surface area contributed by atoms with E-state index in [1.54, 1.807) is 17.0 Å². The summed E-state index contributed by atoms with van der Waals surface area (Å²) >= 11 is 1.85. The van der Waals surface area contributed by atoms with Gasteiger partial charge in [-0.2, -0.15) is 5.21 Å². The predicted molar refractivity (Wildman–Crippen MR) is 166 cm³/mol. The molecule has 0 spiro atoms. The number of carbonyl (C=O) groups excluding carboxylic acids is 2. The zero-order valence-corrected chi connectivity index (χ0v) is 24.3. The highest BCUT2D eigenvalue weighted by atomic mass is 32.2. The van der Waals surface area contributed by atoms with Crippen LogP contribution in [0.4, 0.5) is 22.1 Å². The lowest BCUT2D eigenvalue weighted by molar-refractivity contribution is 0.102. The Morgan fingerprint density at radius 1 is 0.905 bits per heavy atom. The number of anilines is 3. The summed E-state index contributed by atoms with van der Waals surface area (Å²) in [5.41, 5.74) is 4.29. The summed E-state index contributed by atoms with van der Waals surface area (Å²) in [5, 5.41) is 19.0. The van der Waals surface area contributed by atoms with Crippen molar-refractivity contribution >= 4 is 41.0 Å². The van der Waals surface area contributed by atoms with Gasteiger partial charge in [0.15, 0.2) is 0 Å². The highest BCUT2D eigenvalue weighted by Crippen LogP contribution is 2.36. The smallest absolute Gasteiger partial charge is 0.307 e. The van der Waals surface area contributed by atoms with Gasteiger partial charge in [0.2, 0.25) is 0 Å². The summed E-state index contributed by atoms with van der Waals surface area (Å²) in [6, 6.07) is 23.5. The maximum absolute atomic E-state index is 13.8.